The highest BCUT2D eigenvalue weighted by Crippen LogP contribution is 2.39. The molecule has 1 aromatic carbocycles. The first-order chi connectivity index (χ1) is 9.22. The summed E-state index contributed by atoms with van der Waals surface area (Å²) in [5.41, 5.74) is 5.33. The number of hydrogen-bond donors (Lipinski definition) is 2. The van der Waals surface area contributed by atoms with Gasteiger partial charge in [0.2, 0.25) is 0 Å². The molecule has 19 heavy (non-hydrogen) atoms. The summed E-state index contributed by atoms with van der Waals surface area (Å²) in [7, 11) is 1.82. The Morgan fingerprint density at radius 3 is 2.42 bits per heavy atom. The first-order valence-corrected chi connectivity index (χ1v) is 7.30. The van der Waals surface area contributed by atoms with Crippen molar-refractivity contribution < 1.29 is 4.74 Å². The van der Waals surface area contributed by atoms with Crippen molar-refractivity contribution in [2.24, 2.45) is 5.84 Å². The lowest BCUT2D eigenvalue weighted by molar-refractivity contribution is -0.0541. The van der Waals surface area contributed by atoms with Crippen LogP contribution in [-0.2, 0) is 4.74 Å². The fourth-order valence-electron chi connectivity index (χ4n) is 3.34. The third-order valence-electron chi connectivity index (χ3n) is 4.42. The number of hydrazine groups is 1. The Bertz CT molecular complexity index is 397. The lowest BCUT2D eigenvalue weighted by Crippen LogP contribution is -2.47. The third-order valence-corrected chi connectivity index (χ3v) is 4.42. The minimum absolute atomic E-state index is 0.0653. The minimum Gasteiger partial charge on any atom is -0.376 e. The molecule has 0 aliphatic heterocycles. The van der Waals surface area contributed by atoms with E-state index in [1.807, 2.05) is 7.11 Å². The van der Waals surface area contributed by atoms with Crippen LogP contribution in [0.2, 0.25) is 0 Å². The van der Waals surface area contributed by atoms with Crippen molar-refractivity contribution in [1.29, 1.82) is 0 Å². The molecular formula is C16H26N2O. The first-order valence-electron chi connectivity index (χ1n) is 7.30. The zero-order valence-corrected chi connectivity index (χ0v) is 12.1. The van der Waals surface area contributed by atoms with Crippen molar-refractivity contribution in [2.45, 2.75) is 57.1 Å². The molecule has 2 rings (SSSR count). The Labute approximate surface area is 116 Å². The monoisotopic (exact) mass is 262 g/mol. The van der Waals surface area contributed by atoms with E-state index in [0.717, 1.165) is 12.8 Å². The normalized spacial score (nSPS) is 20.8. The Balaban J connectivity index is 2.32. The molecule has 1 aromatic rings. The van der Waals surface area contributed by atoms with Gasteiger partial charge in [0.1, 0.15) is 0 Å². The van der Waals surface area contributed by atoms with E-state index in [2.05, 4.69) is 36.6 Å². The summed E-state index contributed by atoms with van der Waals surface area (Å²) >= 11 is 0. The van der Waals surface area contributed by atoms with Gasteiger partial charge in [-0.2, -0.15) is 0 Å². The lowest BCUT2D eigenvalue weighted by atomic mass is 9.82. The average Bonchev–Trinajstić information content (AvgIpc) is 2.66. The van der Waals surface area contributed by atoms with E-state index in [1.54, 1.807) is 0 Å². The van der Waals surface area contributed by atoms with E-state index >= 15 is 0 Å². The second kappa shape index (κ2) is 6.51. The van der Waals surface area contributed by atoms with E-state index in [9.17, 15) is 0 Å². The van der Waals surface area contributed by atoms with Crippen LogP contribution in [0, 0.1) is 6.92 Å². The average molecular weight is 262 g/mol. The van der Waals surface area contributed by atoms with Crippen molar-refractivity contribution in [3.63, 3.8) is 0 Å². The Kier molecular flexibility index (Phi) is 4.97. The number of aryl methyl sites for hydroxylation is 1. The highest BCUT2D eigenvalue weighted by atomic mass is 16.5. The topological polar surface area (TPSA) is 47.3 Å². The van der Waals surface area contributed by atoms with Crippen LogP contribution in [0.25, 0.3) is 0 Å². The van der Waals surface area contributed by atoms with E-state index in [-0.39, 0.29) is 11.6 Å². The molecular weight excluding hydrogens is 236 g/mol. The molecule has 0 spiro atoms. The number of ether oxygens (including phenoxy) is 1. The number of nitrogens with two attached hydrogens (primary N) is 1. The predicted octanol–water partition coefficient (Wildman–Crippen LogP) is 3.24. The quantitative estimate of drug-likeness (QED) is 0.497. The van der Waals surface area contributed by atoms with Crippen LogP contribution < -0.4 is 11.3 Å². The van der Waals surface area contributed by atoms with Crippen molar-refractivity contribution in [2.75, 3.05) is 7.11 Å². The van der Waals surface area contributed by atoms with Crippen LogP contribution >= 0.6 is 0 Å². The van der Waals surface area contributed by atoms with Gasteiger partial charge in [-0.3, -0.25) is 11.3 Å². The van der Waals surface area contributed by atoms with Gasteiger partial charge in [0, 0.05) is 7.11 Å². The number of benzene rings is 1. The highest BCUT2D eigenvalue weighted by Gasteiger charge is 2.39. The summed E-state index contributed by atoms with van der Waals surface area (Å²) in [4.78, 5) is 0. The van der Waals surface area contributed by atoms with Crippen LogP contribution in [0.3, 0.4) is 0 Å². The van der Waals surface area contributed by atoms with Crippen LogP contribution in [0.15, 0.2) is 24.3 Å². The van der Waals surface area contributed by atoms with E-state index in [1.165, 1.54) is 36.8 Å². The van der Waals surface area contributed by atoms with E-state index in [4.69, 9.17) is 10.6 Å². The van der Waals surface area contributed by atoms with Crippen molar-refractivity contribution in [1.82, 2.24) is 5.43 Å². The van der Waals surface area contributed by atoms with Crippen molar-refractivity contribution in [3.8, 4) is 0 Å². The lowest BCUT2D eigenvalue weighted by Gasteiger charge is -2.39. The zero-order chi connectivity index (χ0) is 13.7. The molecule has 0 heterocycles. The molecule has 0 radical (unpaired) electrons. The molecule has 3 heteroatoms. The third kappa shape index (κ3) is 3.16. The van der Waals surface area contributed by atoms with Crippen LogP contribution in [-0.4, -0.2) is 12.7 Å². The van der Waals surface area contributed by atoms with Crippen molar-refractivity contribution >= 4 is 0 Å². The molecule has 3 N–H and O–H groups in total. The summed E-state index contributed by atoms with van der Waals surface area (Å²) < 4.78 is 5.96. The first kappa shape index (κ1) is 14.5. The molecule has 0 amide bonds. The van der Waals surface area contributed by atoms with Crippen LogP contribution in [0.4, 0.5) is 0 Å². The SMILES string of the molecule is COC1(C(NN)c2cccc(C)c2)CCCCCC1. The fraction of sp³-hybridized carbons (Fsp3) is 0.625. The number of nitrogens with one attached hydrogen (secondary N) is 1. The molecule has 1 aliphatic rings. The van der Waals surface area contributed by atoms with Gasteiger partial charge >= 0.3 is 0 Å². The standard InChI is InChI=1S/C16H26N2O/c1-13-8-7-9-14(12-13)15(18-17)16(19-2)10-5-3-4-6-11-16/h7-9,12,15,18H,3-6,10-11,17H2,1-2H3. The summed E-state index contributed by atoms with van der Waals surface area (Å²) in [5, 5.41) is 0. The fourth-order valence-corrected chi connectivity index (χ4v) is 3.34. The number of hydrogen-bond acceptors (Lipinski definition) is 3. The van der Waals surface area contributed by atoms with Gasteiger partial charge < -0.3 is 4.74 Å². The smallest absolute Gasteiger partial charge is 0.0885 e. The maximum atomic E-state index is 5.96. The second-order valence-corrected chi connectivity index (χ2v) is 5.70. The number of methoxy groups -OCH3 is 1. The van der Waals surface area contributed by atoms with Gasteiger partial charge in [0.25, 0.3) is 0 Å². The summed E-state index contributed by atoms with van der Waals surface area (Å²) in [5.74, 6) is 5.87. The van der Waals surface area contributed by atoms with Gasteiger partial charge in [-0.05, 0) is 25.3 Å². The van der Waals surface area contributed by atoms with Crippen LogP contribution in [0.1, 0.15) is 55.7 Å². The Hall–Kier alpha value is -0.900. The maximum absolute atomic E-state index is 5.96. The summed E-state index contributed by atoms with van der Waals surface area (Å²) in [6, 6.07) is 8.62. The molecule has 0 bridgehead atoms. The van der Waals surface area contributed by atoms with Gasteiger partial charge in [0.15, 0.2) is 0 Å². The largest absolute Gasteiger partial charge is 0.376 e. The van der Waals surface area contributed by atoms with E-state index in [0.29, 0.717) is 0 Å². The van der Waals surface area contributed by atoms with Gasteiger partial charge in [-0.1, -0.05) is 55.5 Å². The van der Waals surface area contributed by atoms with E-state index < -0.39 is 0 Å². The van der Waals surface area contributed by atoms with Crippen molar-refractivity contribution in [3.05, 3.63) is 35.4 Å². The summed E-state index contributed by atoms with van der Waals surface area (Å²) in [6.07, 6.45) is 7.20. The molecule has 106 valence electrons. The molecule has 1 fully saturated rings. The number of rotatable bonds is 4. The zero-order valence-electron chi connectivity index (χ0n) is 12.1. The Morgan fingerprint density at radius 1 is 1.21 bits per heavy atom. The highest BCUT2D eigenvalue weighted by molar-refractivity contribution is 5.27. The Morgan fingerprint density at radius 2 is 1.89 bits per heavy atom. The van der Waals surface area contributed by atoms with Crippen LogP contribution in [0.5, 0.6) is 0 Å². The van der Waals surface area contributed by atoms with Gasteiger partial charge in [-0.15, -0.1) is 0 Å². The molecule has 1 unspecified atom stereocenters. The predicted molar refractivity (Wildman–Crippen MR) is 78.7 cm³/mol. The molecule has 0 aromatic heterocycles. The van der Waals surface area contributed by atoms with Gasteiger partial charge in [0.05, 0.1) is 11.6 Å². The second-order valence-electron chi connectivity index (χ2n) is 5.70. The van der Waals surface area contributed by atoms with Gasteiger partial charge in [-0.25, -0.2) is 0 Å². The molecule has 1 atom stereocenters. The molecule has 1 saturated carbocycles. The maximum Gasteiger partial charge on any atom is 0.0885 e. The molecule has 0 saturated heterocycles. The molecule has 3 nitrogen and oxygen atoms in total. The summed E-state index contributed by atoms with van der Waals surface area (Å²) in [6.45, 7) is 2.11. The molecule has 1 aliphatic carbocycles. The minimum atomic E-state index is -0.168.